The van der Waals surface area contributed by atoms with Crippen LogP contribution in [-0.4, -0.2) is 29.3 Å². The molecule has 1 N–H and O–H groups in total. The fraction of sp³-hybridized carbons (Fsp3) is 0.385. The summed E-state index contributed by atoms with van der Waals surface area (Å²) in [7, 11) is 0. The molecule has 168 valence electrons. The lowest BCUT2D eigenvalue weighted by Gasteiger charge is -2.23. The van der Waals surface area contributed by atoms with E-state index in [-0.39, 0.29) is 12.4 Å². The monoisotopic (exact) mass is 451 g/mol. The van der Waals surface area contributed by atoms with Crippen molar-refractivity contribution >= 4 is 33.1 Å². The minimum absolute atomic E-state index is 0.165. The van der Waals surface area contributed by atoms with Gasteiger partial charge in [-0.15, -0.1) is 11.3 Å². The Labute approximate surface area is 192 Å². The van der Waals surface area contributed by atoms with Crippen molar-refractivity contribution in [2.24, 2.45) is 0 Å². The molecule has 0 saturated carbocycles. The van der Waals surface area contributed by atoms with E-state index < -0.39 is 12.1 Å². The first-order chi connectivity index (χ1) is 15.4. The van der Waals surface area contributed by atoms with E-state index in [1.807, 2.05) is 32.9 Å². The van der Waals surface area contributed by atoms with E-state index >= 15 is 0 Å². The van der Waals surface area contributed by atoms with E-state index in [4.69, 9.17) is 14.5 Å². The Morgan fingerprint density at radius 2 is 2.00 bits per heavy atom. The number of ether oxygens (including phenoxy) is 2. The molecule has 0 amide bonds. The molecule has 1 unspecified atom stereocenters. The zero-order valence-electron chi connectivity index (χ0n) is 19.1. The van der Waals surface area contributed by atoms with Gasteiger partial charge in [0.1, 0.15) is 10.6 Å². The van der Waals surface area contributed by atoms with Crippen LogP contribution >= 0.6 is 11.3 Å². The number of hydrogen-bond acceptors (Lipinski definition) is 6. The number of fused-ring (bicyclic) bond motifs is 3. The van der Waals surface area contributed by atoms with Gasteiger partial charge in [-0.3, -0.25) is 0 Å². The zero-order chi connectivity index (χ0) is 23.0. The predicted molar refractivity (Wildman–Crippen MR) is 129 cm³/mol. The molecule has 6 heteroatoms. The van der Waals surface area contributed by atoms with Crippen molar-refractivity contribution in [3.8, 4) is 16.9 Å². The van der Waals surface area contributed by atoms with Gasteiger partial charge in [-0.05, 0) is 64.2 Å². The zero-order valence-corrected chi connectivity index (χ0v) is 19.9. The molecular weight excluding hydrogens is 422 g/mol. The van der Waals surface area contributed by atoms with Gasteiger partial charge in [-0.2, -0.15) is 0 Å². The first-order valence-corrected chi connectivity index (χ1v) is 11.9. The van der Waals surface area contributed by atoms with E-state index in [1.165, 1.54) is 4.88 Å². The van der Waals surface area contributed by atoms with Crippen LogP contribution in [0.15, 0.2) is 24.8 Å². The third-order valence-electron chi connectivity index (χ3n) is 5.90. The molecule has 4 rings (SSSR count). The number of nitrogens with zero attached hydrogens (tertiary/aromatic N) is 1. The standard InChI is InChI=1S/C26H29NO4S/c1-6-30-24(26(29)31-7-2)21-16(5)27-25-23(20-15(4)9-8-10-19(20)32-25)22(21)17-12-11-14(3)13-18(17)28/h11-13,24,28H,4,6-10H2,1-3,5H3. The molecule has 2 heterocycles. The predicted octanol–water partition coefficient (Wildman–Crippen LogP) is 6.28. The number of pyridine rings is 1. The number of thiophene rings is 1. The van der Waals surface area contributed by atoms with Crippen LogP contribution in [0.2, 0.25) is 0 Å². The quantitative estimate of drug-likeness (QED) is 0.447. The third kappa shape index (κ3) is 3.82. The number of carbonyl (C=O) groups excluding carboxylic acids is 1. The Hall–Kier alpha value is -2.70. The van der Waals surface area contributed by atoms with E-state index in [0.717, 1.165) is 51.7 Å². The van der Waals surface area contributed by atoms with Crippen LogP contribution in [0.4, 0.5) is 0 Å². The van der Waals surface area contributed by atoms with Crippen molar-refractivity contribution in [1.82, 2.24) is 4.98 Å². The summed E-state index contributed by atoms with van der Waals surface area (Å²) in [5.74, 6) is -0.284. The molecule has 5 nitrogen and oxygen atoms in total. The van der Waals surface area contributed by atoms with E-state index in [9.17, 15) is 9.90 Å². The second kappa shape index (κ2) is 9.04. The second-order valence-electron chi connectivity index (χ2n) is 8.13. The van der Waals surface area contributed by atoms with Crippen LogP contribution in [0.5, 0.6) is 5.75 Å². The number of phenolic OH excluding ortho intramolecular Hbond substituents is 1. The number of aryl methyl sites for hydroxylation is 3. The summed E-state index contributed by atoms with van der Waals surface area (Å²) in [4.78, 5) is 20.0. The van der Waals surface area contributed by atoms with Crippen LogP contribution < -0.4 is 0 Å². The van der Waals surface area contributed by atoms with Crippen LogP contribution in [0, 0.1) is 13.8 Å². The van der Waals surface area contributed by atoms with Crippen molar-refractivity contribution in [2.75, 3.05) is 13.2 Å². The SMILES string of the molecule is C=C1CCCc2sc3nc(C)c(C(OCC)C(=O)OCC)c(-c4ccc(C)cc4O)c3c21. The van der Waals surface area contributed by atoms with Gasteiger partial charge in [0.2, 0.25) is 0 Å². The number of phenols is 1. The Bertz CT molecular complexity index is 1210. The van der Waals surface area contributed by atoms with Crippen molar-refractivity contribution < 1.29 is 19.4 Å². The number of hydrogen-bond donors (Lipinski definition) is 1. The molecule has 1 atom stereocenters. The number of carbonyl (C=O) groups is 1. The third-order valence-corrected chi connectivity index (χ3v) is 7.04. The number of esters is 1. The highest BCUT2D eigenvalue weighted by Crippen LogP contribution is 2.49. The summed E-state index contributed by atoms with van der Waals surface area (Å²) in [6.45, 7) is 12.4. The normalized spacial score (nSPS) is 14.4. The van der Waals surface area contributed by atoms with Crippen LogP contribution in [0.3, 0.4) is 0 Å². The molecule has 0 radical (unpaired) electrons. The molecule has 3 aromatic rings. The maximum Gasteiger partial charge on any atom is 0.340 e. The average molecular weight is 452 g/mol. The van der Waals surface area contributed by atoms with Gasteiger partial charge < -0.3 is 14.6 Å². The topological polar surface area (TPSA) is 68.7 Å². The number of aromatic hydroxyl groups is 1. The number of aromatic nitrogens is 1. The van der Waals surface area contributed by atoms with Gasteiger partial charge in [0.15, 0.2) is 6.10 Å². The van der Waals surface area contributed by atoms with Gasteiger partial charge >= 0.3 is 5.97 Å². The molecule has 0 bridgehead atoms. The lowest BCUT2D eigenvalue weighted by atomic mass is 9.86. The highest BCUT2D eigenvalue weighted by molar-refractivity contribution is 7.19. The number of benzene rings is 1. The van der Waals surface area contributed by atoms with Gasteiger partial charge in [-0.25, -0.2) is 9.78 Å². The second-order valence-corrected chi connectivity index (χ2v) is 9.22. The molecule has 0 aliphatic heterocycles. The molecular formula is C26H29NO4S. The largest absolute Gasteiger partial charge is 0.507 e. The minimum atomic E-state index is -0.931. The Kier molecular flexibility index (Phi) is 6.35. The fourth-order valence-corrected chi connectivity index (χ4v) is 5.87. The summed E-state index contributed by atoms with van der Waals surface area (Å²) in [6.07, 6.45) is 2.05. The molecule has 2 aromatic heterocycles. The highest BCUT2D eigenvalue weighted by atomic mass is 32.1. The lowest BCUT2D eigenvalue weighted by Crippen LogP contribution is -2.21. The first-order valence-electron chi connectivity index (χ1n) is 11.1. The molecule has 0 spiro atoms. The van der Waals surface area contributed by atoms with E-state index in [0.29, 0.717) is 23.4 Å². The summed E-state index contributed by atoms with van der Waals surface area (Å²) in [6, 6.07) is 5.62. The van der Waals surface area contributed by atoms with Gasteiger partial charge in [-0.1, -0.05) is 18.7 Å². The molecule has 1 aliphatic rings. The fourth-order valence-electron chi connectivity index (χ4n) is 4.55. The van der Waals surface area contributed by atoms with Crippen LogP contribution in [0.25, 0.3) is 26.9 Å². The van der Waals surface area contributed by atoms with Crippen LogP contribution in [0.1, 0.15) is 60.1 Å². The summed E-state index contributed by atoms with van der Waals surface area (Å²) in [5.41, 5.74) is 5.94. The number of allylic oxidation sites excluding steroid dienone is 1. The Morgan fingerprint density at radius 1 is 1.22 bits per heavy atom. The van der Waals surface area contributed by atoms with Crippen molar-refractivity contribution in [3.05, 3.63) is 52.0 Å². The molecule has 1 aromatic carbocycles. The maximum atomic E-state index is 13.0. The summed E-state index contributed by atoms with van der Waals surface area (Å²) < 4.78 is 11.3. The Morgan fingerprint density at radius 3 is 2.69 bits per heavy atom. The molecule has 1 aliphatic carbocycles. The molecule has 32 heavy (non-hydrogen) atoms. The molecule has 0 fully saturated rings. The molecule has 0 saturated heterocycles. The van der Waals surface area contributed by atoms with E-state index in [1.54, 1.807) is 24.3 Å². The average Bonchev–Trinajstić information content (AvgIpc) is 3.11. The summed E-state index contributed by atoms with van der Waals surface area (Å²) >= 11 is 1.68. The van der Waals surface area contributed by atoms with Gasteiger partial charge in [0.05, 0.1) is 6.61 Å². The van der Waals surface area contributed by atoms with Gasteiger partial charge in [0, 0.05) is 44.8 Å². The minimum Gasteiger partial charge on any atom is -0.507 e. The first kappa shape index (κ1) is 22.5. The number of rotatable bonds is 6. The smallest absolute Gasteiger partial charge is 0.340 e. The van der Waals surface area contributed by atoms with Crippen LogP contribution in [-0.2, 0) is 20.7 Å². The Balaban J connectivity index is 2.13. The maximum absolute atomic E-state index is 13.0. The summed E-state index contributed by atoms with van der Waals surface area (Å²) in [5, 5.41) is 11.9. The van der Waals surface area contributed by atoms with Gasteiger partial charge in [0.25, 0.3) is 0 Å². The van der Waals surface area contributed by atoms with Crippen molar-refractivity contribution in [3.63, 3.8) is 0 Å². The van der Waals surface area contributed by atoms with E-state index in [2.05, 4.69) is 6.58 Å². The van der Waals surface area contributed by atoms with Crippen molar-refractivity contribution in [1.29, 1.82) is 0 Å². The lowest BCUT2D eigenvalue weighted by molar-refractivity contribution is -0.157. The van der Waals surface area contributed by atoms with Crippen molar-refractivity contribution in [2.45, 2.75) is 53.1 Å². The highest BCUT2D eigenvalue weighted by Gasteiger charge is 2.33.